The molecule has 1 aromatic heterocycles. The first kappa shape index (κ1) is 11.0. The number of anilines is 1. The van der Waals surface area contributed by atoms with Crippen molar-refractivity contribution < 1.29 is 0 Å². The predicted molar refractivity (Wildman–Crippen MR) is 70.1 cm³/mol. The zero-order valence-electron chi connectivity index (χ0n) is 10.7. The number of piperidine rings is 1. The molecule has 2 atom stereocenters. The number of rotatable bonds is 2. The minimum Gasteiger partial charge on any atom is -0.353 e. The van der Waals surface area contributed by atoms with E-state index in [9.17, 15) is 0 Å². The fourth-order valence-corrected chi connectivity index (χ4v) is 3.52. The van der Waals surface area contributed by atoms with Gasteiger partial charge in [-0.3, -0.25) is 0 Å². The standard InChI is InChI=1S/C14H21N3/c1-9-5-10(2)16-14(13(9)7-15)17-8-11-3-4-12(17)6-11/h5,11-12H,3-4,6-8,15H2,1-2H3. The lowest BCUT2D eigenvalue weighted by atomic mass is 10.1. The summed E-state index contributed by atoms with van der Waals surface area (Å²) < 4.78 is 0. The summed E-state index contributed by atoms with van der Waals surface area (Å²) in [4.78, 5) is 7.26. The lowest BCUT2D eigenvalue weighted by molar-refractivity contribution is 0.548. The number of hydrogen-bond donors (Lipinski definition) is 1. The van der Waals surface area contributed by atoms with Crippen molar-refractivity contribution in [2.24, 2.45) is 11.7 Å². The Morgan fingerprint density at radius 1 is 1.41 bits per heavy atom. The fraction of sp³-hybridized carbons (Fsp3) is 0.643. The Bertz CT molecular complexity index is 441. The van der Waals surface area contributed by atoms with Crippen molar-refractivity contribution in [3.05, 3.63) is 22.9 Å². The largest absolute Gasteiger partial charge is 0.353 e. The monoisotopic (exact) mass is 231 g/mol. The SMILES string of the molecule is Cc1cc(C)c(CN)c(N2CC3CCC2C3)n1. The molecule has 2 aliphatic rings. The van der Waals surface area contributed by atoms with Gasteiger partial charge in [0.25, 0.3) is 0 Å². The molecule has 1 aromatic rings. The van der Waals surface area contributed by atoms with Crippen LogP contribution in [0.4, 0.5) is 5.82 Å². The van der Waals surface area contributed by atoms with Gasteiger partial charge in [0.1, 0.15) is 5.82 Å². The van der Waals surface area contributed by atoms with Crippen LogP contribution in [0.3, 0.4) is 0 Å². The summed E-state index contributed by atoms with van der Waals surface area (Å²) in [6.07, 6.45) is 4.10. The molecule has 92 valence electrons. The second kappa shape index (κ2) is 3.98. The third kappa shape index (κ3) is 1.73. The minimum atomic E-state index is 0.600. The molecule has 2 unspecified atom stereocenters. The van der Waals surface area contributed by atoms with Crippen LogP contribution in [0.1, 0.15) is 36.1 Å². The summed E-state index contributed by atoms with van der Waals surface area (Å²) in [7, 11) is 0. The summed E-state index contributed by atoms with van der Waals surface area (Å²) >= 11 is 0. The van der Waals surface area contributed by atoms with Gasteiger partial charge in [-0.1, -0.05) is 0 Å². The van der Waals surface area contributed by atoms with Gasteiger partial charge in [0, 0.05) is 30.4 Å². The van der Waals surface area contributed by atoms with Gasteiger partial charge in [-0.2, -0.15) is 0 Å². The zero-order chi connectivity index (χ0) is 12.0. The molecular formula is C14H21N3. The van der Waals surface area contributed by atoms with Gasteiger partial charge < -0.3 is 10.6 Å². The highest BCUT2D eigenvalue weighted by Crippen LogP contribution is 2.40. The molecule has 2 bridgehead atoms. The quantitative estimate of drug-likeness (QED) is 0.848. The summed E-state index contributed by atoms with van der Waals surface area (Å²) in [5.74, 6) is 2.06. The van der Waals surface area contributed by atoms with E-state index < -0.39 is 0 Å². The van der Waals surface area contributed by atoms with E-state index in [1.165, 1.54) is 36.9 Å². The smallest absolute Gasteiger partial charge is 0.133 e. The number of pyridine rings is 1. The van der Waals surface area contributed by atoms with Gasteiger partial charge in [-0.05, 0) is 50.7 Å². The average molecular weight is 231 g/mol. The van der Waals surface area contributed by atoms with Crippen LogP contribution in [0.25, 0.3) is 0 Å². The molecule has 2 N–H and O–H groups in total. The van der Waals surface area contributed by atoms with Crippen LogP contribution >= 0.6 is 0 Å². The normalized spacial score (nSPS) is 26.9. The molecule has 0 aromatic carbocycles. The lowest BCUT2D eigenvalue weighted by Gasteiger charge is -2.30. The molecule has 17 heavy (non-hydrogen) atoms. The van der Waals surface area contributed by atoms with Gasteiger partial charge in [0.05, 0.1) is 0 Å². The zero-order valence-corrected chi connectivity index (χ0v) is 10.7. The Labute approximate surface area is 103 Å². The van der Waals surface area contributed by atoms with Crippen molar-refractivity contribution in [3.63, 3.8) is 0 Å². The Kier molecular flexibility index (Phi) is 2.58. The third-order valence-electron chi connectivity index (χ3n) is 4.34. The van der Waals surface area contributed by atoms with E-state index in [0.29, 0.717) is 6.54 Å². The fourth-order valence-electron chi connectivity index (χ4n) is 3.52. The summed E-state index contributed by atoms with van der Waals surface area (Å²) in [6.45, 7) is 6.01. The topological polar surface area (TPSA) is 42.1 Å². The first-order chi connectivity index (χ1) is 8.19. The van der Waals surface area contributed by atoms with Crippen molar-refractivity contribution in [1.82, 2.24) is 4.98 Å². The van der Waals surface area contributed by atoms with Crippen LogP contribution in [0.15, 0.2) is 6.07 Å². The molecule has 2 fully saturated rings. The van der Waals surface area contributed by atoms with Gasteiger partial charge >= 0.3 is 0 Å². The highest BCUT2D eigenvalue weighted by molar-refractivity contribution is 5.53. The molecule has 0 spiro atoms. The molecule has 1 aliphatic heterocycles. The van der Waals surface area contributed by atoms with Crippen LogP contribution < -0.4 is 10.6 Å². The summed E-state index contributed by atoms with van der Waals surface area (Å²) in [5, 5.41) is 0. The maximum Gasteiger partial charge on any atom is 0.133 e. The van der Waals surface area contributed by atoms with Crippen LogP contribution in [-0.2, 0) is 6.54 Å². The van der Waals surface area contributed by atoms with Gasteiger partial charge in [0.2, 0.25) is 0 Å². The molecule has 1 aliphatic carbocycles. The van der Waals surface area contributed by atoms with Crippen LogP contribution in [0, 0.1) is 19.8 Å². The van der Waals surface area contributed by atoms with Gasteiger partial charge in [0.15, 0.2) is 0 Å². The van der Waals surface area contributed by atoms with E-state index in [1.54, 1.807) is 0 Å². The highest BCUT2D eigenvalue weighted by Gasteiger charge is 2.39. The van der Waals surface area contributed by atoms with Crippen molar-refractivity contribution >= 4 is 5.82 Å². The first-order valence-corrected chi connectivity index (χ1v) is 6.63. The van der Waals surface area contributed by atoms with Crippen molar-refractivity contribution in [2.45, 2.75) is 45.7 Å². The number of fused-ring (bicyclic) bond motifs is 2. The molecule has 1 saturated carbocycles. The molecule has 3 nitrogen and oxygen atoms in total. The Hall–Kier alpha value is -1.09. The molecule has 0 radical (unpaired) electrons. The Balaban J connectivity index is 2.02. The van der Waals surface area contributed by atoms with E-state index in [4.69, 9.17) is 10.7 Å². The van der Waals surface area contributed by atoms with Crippen LogP contribution in [0.2, 0.25) is 0 Å². The second-order valence-corrected chi connectivity index (χ2v) is 5.57. The molecule has 3 heteroatoms. The number of nitrogens with zero attached hydrogens (tertiary/aromatic N) is 2. The average Bonchev–Trinajstić information content (AvgIpc) is 2.89. The van der Waals surface area contributed by atoms with Crippen molar-refractivity contribution in [3.8, 4) is 0 Å². The Morgan fingerprint density at radius 3 is 2.82 bits per heavy atom. The maximum atomic E-state index is 5.90. The van der Waals surface area contributed by atoms with Gasteiger partial charge in [-0.15, -0.1) is 0 Å². The number of hydrogen-bond acceptors (Lipinski definition) is 3. The van der Waals surface area contributed by atoms with Crippen LogP contribution in [0.5, 0.6) is 0 Å². The predicted octanol–water partition coefficient (Wildman–Crippen LogP) is 2.15. The molecule has 0 amide bonds. The number of nitrogens with two attached hydrogens (primary N) is 1. The van der Waals surface area contributed by atoms with Crippen LogP contribution in [-0.4, -0.2) is 17.6 Å². The highest BCUT2D eigenvalue weighted by atomic mass is 15.2. The third-order valence-corrected chi connectivity index (χ3v) is 4.34. The summed E-state index contributed by atoms with van der Waals surface area (Å²) in [6, 6.07) is 2.86. The molecule has 3 rings (SSSR count). The van der Waals surface area contributed by atoms with E-state index in [-0.39, 0.29) is 0 Å². The minimum absolute atomic E-state index is 0.600. The second-order valence-electron chi connectivity index (χ2n) is 5.57. The molecule has 1 saturated heterocycles. The molecular weight excluding hydrogens is 210 g/mol. The van der Waals surface area contributed by atoms with E-state index in [1.807, 2.05) is 0 Å². The van der Waals surface area contributed by atoms with E-state index in [2.05, 4.69) is 24.8 Å². The Morgan fingerprint density at radius 2 is 2.24 bits per heavy atom. The number of aromatic nitrogens is 1. The summed E-state index contributed by atoms with van der Waals surface area (Å²) in [5.41, 5.74) is 9.54. The van der Waals surface area contributed by atoms with Crippen molar-refractivity contribution in [2.75, 3.05) is 11.4 Å². The lowest BCUT2D eigenvalue weighted by Crippen LogP contribution is -2.34. The maximum absolute atomic E-state index is 5.90. The molecule has 2 heterocycles. The van der Waals surface area contributed by atoms with Gasteiger partial charge in [-0.25, -0.2) is 4.98 Å². The first-order valence-electron chi connectivity index (χ1n) is 6.63. The van der Waals surface area contributed by atoms with E-state index in [0.717, 1.165) is 23.5 Å². The van der Waals surface area contributed by atoms with Crippen molar-refractivity contribution in [1.29, 1.82) is 0 Å². The van der Waals surface area contributed by atoms with E-state index >= 15 is 0 Å². The number of aryl methyl sites for hydroxylation is 2.